The standard InChI is InChI=1S/C18H23BrN2O3/c1-11(2)4-5-12(3)20-16(22)8-9-21-17(23)14-7-6-13(19)10-15(14)18(21)24/h6-7,10-12H,4-5,8-9H2,1-3H3,(H,20,22). The third-order valence-corrected chi connectivity index (χ3v) is 4.57. The minimum absolute atomic E-state index is 0.0954. The number of nitrogens with one attached hydrogen (secondary N) is 1. The summed E-state index contributed by atoms with van der Waals surface area (Å²) in [5, 5.41) is 2.92. The van der Waals surface area contributed by atoms with E-state index in [1.54, 1.807) is 18.2 Å². The van der Waals surface area contributed by atoms with Gasteiger partial charge in [-0.2, -0.15) is 0 Å². The molecule has 5 nitrogen and oxygen atoms in total. The summed E-state index contributed by atoms with van der Waals surface area (Å²) in [6, 6.07) is 5.10. The third-order valence-electron chi connectivity index (χ3n) is 4.08. The smallest absolute Gasteiger partial charge is 0.261 e. The van der Waals surface area contributed by atoms with Gasteiger partial charge in [-0.25, -0.2) is 0 Å². The molecule has 0 spiro atoms. The van der Waals surface area contributed by atoms with Gasteiger partial charge in [0.25, 0.3) is 11.8 Å². The van der Waals surface area contributed by atoms with Crippen molar-refractivity contribution in [2.75, 3.05) is 6.54 Å². The SMILES string of the molecule is CC(C)CCC(C)NC(=O)CCN1C(=O)c2ccc(Br)cc2C1=O. The summed E-state index contributed by atoms with van der Waals surface area (Å²) in [5.74, 6) is -0.203. The molecule has 1 unspecified atom stereocenters. The molecular weight excluding hydrogens is 372 g/mol. The van der Waals surface area contributed by atoms with Gasteiger partial charge in [-0.3, -0.25) is 19.3 Å². The van der Waals surface area contributed by atoms with E-state index in [9.17, 15) is 14.4 Å². The number of hydrogen-bond acceptors (Lipinski definition) is 3. The van der Waals surface area contributed by atoms with Crippen molar-refractivity contribution in [3.63, 3.8) is 0 Å². The van der Waals surface area contributed by atoms with Crippen molar-refractivity contribution >= 4 is 33.7 Å². The van der Waals surface area contributed by atoms with Crippen molar-refractivity contribution in [2.45, 2.75) is 46.1 Å². The van der Waals surface area contributed by atoms with E-state index in [1.807, 2.05) is 6.92 Å². The van der Waals surface area contributed by atoms with Crippen molar-refractivity contribution in [1.82, 2.24) is 10.2 Å². The van der Waals surface area contributed by atoms with Gasteiger partial charge in [-0.05, 0) is 43.9 Å². The predicted octanol–water partition coefficient (Wildman–Crippen LogP) is 3.38. The zero-order valence-corrected chi connectivity index (χ0v) is 15.9. The van der Waals surface area contributed by atoms with Crippen LogP contribution in [0.3, 0.4) is 0 Å². The van der Waals surface area contributed by atoms with Crippen LogP contribution in [0.25, 0.3) is 0 Å². The highest BCUT2D eigenvalue weighted by Crippen LogP contribution is 2.26. The number of amides is 3. The van der Waals surface area contributed by atoms with Gasteiger partial charge >= 0.3 is 0 Å². The first-order valence-electron chi connectivity index (χ1n) is 8.24. The molecule has 1 aromatic rings. The lowest BCUT2D eigenvalue weighted by molar-refractivity contribution is -0.121. The average molecular weight is 395 g/mol. The molecular formula is C18H23BrN2O3. The summed E-state index contributed by atoms with van der Waals surface area (Å²) in [4.78, 5) is 37.8. The fourth-order valence-corrected chi connectivity index (χ4v) is 3.04. The Morgan fingerprint density at radius 1 is 1.12 bits per heavy atom. The van der Waals surface area contributed by atoms with Crippen LogP contribution in [-0.4, -0.2) is 35.2 Å². The summed E-state index contributed by atoms with van der Waals surface area (Å²) in [7, 11) is 0. The monoisotopic (exact) mass is 394 g/mol. The number of imide groups is 1. The van der Waals surface area contributed by atoms with Crippen molar-refractivity contribution in [3.05, 3.63) is 33.8 Å². The lowest BCUT2D eigenvalue weighted by Gasteiger charge is -2.17. The lowest BCUT2D eigenvalue weighted by Crippen LogP contribution is -2.37. The zero-order valence-electron chi connectivity index (χ0n) is 14.3. The van der Waals surface area contributed by atoms with E-state index in [0.29, 0.717) is 17.0 Å². The first-order chi connectivity index (χ1) is 11.3. The lowest BCUT2D eigenvalue weighted by atomic mass is 10.0. The molecule has 0 radical (unpaired) electrons. The molecule has 1 heterocycles. The summed E-state index contributed by atoms with van der Waals surface area (Å²) < 4.78 is 0.751. The molecule has 1 N–H and O–H groups in total. The molecule has 0 saturated carbocycles. The number of carbonyl (C=O) groups is 3. The second kappa shape index (κ2) is 7.92. The zero-order chi connectivity index (χ0) is 17.9. The quantitative estimate of drug-likeness (QED) is 0.720. The molecule has 1 aliphatic rings. The van der Waals surface area contributed by atoms with Gasteiger partial charge in [0.2, 0.25) is 5.91 Å². The molecule has 1 aliphatic heterocycles. The average Bonchev–Trinajstić information content (AvgIpc) is 2.74. The summed E-state index contributed by atoms with van der Waals surface area (Å²) in [6.07, 6.45) is 2.10. The van der Waals surface area contributed by atoms with Crippen molar-refractivity contribution < 1.29 is 14.4 Å². The van der Waals surface area contributed by atoms with E-state index in [1.165, 1.54) is 0 Å². The minimum atomic E-state index is -0.336. The maximum atomic E-state index is 12.3. The Kier molecular flexibility index (Phi) is 6.15. The molecule has 0 aromatic heterocycles. The van der Waals surface area contributed by atoms with Gasteiger partial charge in [0.05, 0.1) is 11.1 Å². The van der Waals surface area contributed by atoms with Gasteiger partial charge in [-0.15, -0.1) is 0 Å². The van der Waals surface area contributed by atoms with Crippen LogP contribution in [0.2, 0.25) is 0 Å². The van der Waals surface area contributed by atoms with E-state index in [4.69, 9.17) is 0 Å². The van der Waals surface area contributed by atoms with E-state index in [0.717, 1.165) is 22.2 Å². The number of rotatable bonds is 7. The Balaban J connectivity index is 1.88. The minimum Gasteiger partial charge on any atom is -0.354 e. The molecule has 0 aliphatic carbocycles. The summed E-state index contributed by atoms with van der Waals surface area (Å²) in [5.41, 5.74) is 0.786. The topological polar surface area (TPSA) is 66.5 Å². The van der Waals surface area contributed by atoms with Gasteiger partial charge in [0, 0.05) is 23.5 Å². The van der Waals surface area contributed by atoms with Gasteiger partial charge in [0.15, 0.2) is 0 Å². The maximum absolute atomic E-state index is 12.3. The molecule has 130 valence electrons. The van der Waals surface area contributed by atoms with Crippen LogP contribution in [0.1, 0.15) is 60.7 Å². The second-order valence-electron chi connectivity index (χ2n) is 6.64. The van der Waals surface area contributed by atoms with E-state index < -0.39 is 0 Å². The molecule has 1 atom stereocenters. The van der Waals surface area contributed by atoms with E-state index in [2.05, 4.69) is 35.1 Å². The first kappa shape index (κ1) is 18.6. The Morgan fingerprint density at radius 3 is 2.46 bits per heavy atom. The highest BCUT2D eigenvalue weighted by atomic mass is 79.9. The number of benzene rings is 1. The van der Waals surface area contributed by atoms with E-state index >= 15 is 0 Å². The van der Waals surface area contributed by atoms with Gasteiger partial charge < -0.3 is 5.32 Å². The van der Waals surface area contributed by atoms with Crippen LogP contribution < -0.4 is 5.32 Å². The van der Waals surface area contributed by atoms with Crippen molar-refractivity contribution in [2.24, 2.45) is 5.92 Å². The summed E-state index contributed by atoms with van der Waals surface area (Å²) in [6.45, 7) is 6.37. The molecule has 2 rings (SSSR count). The van der Waals surface area contributed by atoms with Crippen LogP contribution in [0.15, 0.2) is 22.7 Å². The highest BCUT2D eigenvalue weighted by Gasteiger charge is 2.35. The van der Waals surface area contributed by atoms with Gasteiger partial charge in [-0.1, -0.05) is 29.8 Å². The normalized spacial score (nSPS) is 15.0. The maximum Gasteiger partial charge on any atom is 0.261 e. The Morgan fingerprint density at radius 2 is 1.79 bits per heavy atom. The molecule has 0 fully saturated rings. The predicted molar refractivity (Wildman–Crippen MR) is 95.8 cm³/mol. The number of carbonyl (C=O) groups excluding carboxylic acids is 3. The number of nitrogens with zero attached hydrogens (tertiary/aromatic N) is 1. The van der Waals surface area contributed by atoms with Crippen LogP contribution in [0.5, 0.6) is 0 Å². The molecule has 3 amide bonds. The second-order valence-corrected chi connectivity index (χ2v) is 7.56. The first-order valence-corrected chi connectivity index (χ1v) is 9.04. The molecule has 0 saturated heterocycles. The van der Waals surface area contributed by atoms with Crippen molar-refractivity contribution in [3.8, 4) is 0 Å². The van der Waals surface area contributed by atoms with Crippen molar-refractivity contribution in [1.29, 1.82) is 0 Å². The molecule has 24 heavy (non-hydrogen) atoms. The van der Waals surface area contributed by atoms with Gasteiger partial charge in [0.1, 0.15) is 0 Å². The number of hydrogen-bond donors (Lipinski definition) is 1. The van der Waals surface area contributed by atoms with E-state index in [-0.39, 0.29) is 36.7 Å². The van der Waals surface area contributed by atoms with Crippen LogP contribution in [-0.2, 0) is 4.79 Å². The Labute approximate surface area is 150 Å². The van der Waals surface area contributed by atoms with Crippen LogP contribution >= 0.6 is 15.9 Å². The highest BCUT2D eigenvalue weighted by molar-refractivity contribution is 9.10. The number of halogens is 1. The molecule has 6 heteroatoms. The third kappa shape index (κ3) is 4.44. The molecule has 1 aromatic carbocycles. The summed E-state index contributed by atoms with van der Waals surface area (Å²) >= 11 is 3.30. The Bertz CT molecular complexity index is 658. The Hall–Kier alpha value is -1.69. The number of fused-ring (bicyclic) bond motifs is 1. The largest absolute Gasteiger partial charge is 0.354 e. The fourth-order valence-electron chi connectivity index (χ4n) is 2.68. The molecule has 0 bridgehead atoms. The van der Waals surface area contributed by atoms with Crippen LogP contribution in [0.4, 0.5) is 0 Å². The fraction of sp³-hybridized carbons (Fsp3) is 0.500. The van der Waals surface area contributed by atoms with Crippen LogP contribution in [0, 0.1) is 5.92 Å².